The van der Waals surface area contributed by atoms with Crippen LogP contribution in [0.25, 0.3) is 21.3 Å². The first-order valence-electron chi connectivity index (χ1n) is 10.2. The molecule has 3 saturated heterocycles. The maximum absolute atomic E-state index is 4.18. The normalized spacial score (nSPS) is 22.4. The van der Waals surface area contributed by atoms with Gasteiger partial charge in [0.2, 0.25) is 0 Å². The minimum atomic E-state index is 0. The predicted molar refractivity (Wildman–Crippen MR) is 108 cm³/mol. The molecule has 4 nitrogen and oxygen atoms in total. The summed E-state index contributed by atoms with van der Waals surface area (Å²) in [5, 5.41) is 16.6. The summed E-state index contributed by atoms with van der Waals surface area (Å²) in [6.45, 7) is 8.73. The van der Waals surface area contributed by atoms with Gasteiger partial charge in [-0.25, -0.2) is 0 Å². The Hall–Kier alpha value is 0.242. The second-order valence-electron chi connectivity index (χ2n) is 6.58. The molecule has 0 aromatic heterocycles. The maximum Gasteiger partial charge on any atom is 2.00 e. The third kappa shape index (κ3) is 20.4. The summed E-state index contributed by atoms with van der Waals surface area (Å²) in [6.07, 6.45) is 17.6. The first-order valence-corrected chi connectivity index (χ1v) is 10.2. The van der Waals surface area contributed by atoms with Crippen molar-refractivity contribution < 1.29 is 20.4 Å². The average molecular weight is 441 g/mol. The van der Waals surface area contributed by atoms with E-state index in [1.54, 1.807) is 0 Å². The van der Waals surface area contributed by atoms with Gasteiger partial charge < -0.3 is 21.3 Å². The molecular weight excluding hydrogens is 403 g/mol. The molecule has 0 spiro atoms. The Morgan fingerprint density at radius 3 is 0.880 bits per heavy atom. The molecule has 0 amide bonds. The van der Waals surface area contributed by atoms with Crippen molar-refractivity contribution in [2.45, 2.75) is 64.2 Å². The van der Waals surface area contributed by atoms with Crippen LogP contribution >= 0.6 is 0 Å². The van der Waals surface area contributed by atoms with Gasteiger partial charge in [0.05, 0.1) is 0 Å². The van der Waals surface area contributed by atoms with E-state index in [4.69, 9.17) is 0 Å². The zero-order valence-electron chi connectivity index (χ0n) is 16.0. The molecule has 150 valence electrons. The van der Waals surface area contributed by atoms with Crippen molar-refractivity contribution in [3.63, 3.8) is 0 Å². The van der Waals surface area contributed by atoms with Crippen LogP contribution < -0.4 is 0 Å². The Kier molecular flexibility index (Phi) is 22.5. The molecule has 0 saturated carbocycles. The number of piperidine rings is 3. The molecule has 4 rings (SSSR count). The van der Waals surface area contributed by atoms with Gasteiger partial charge in [0.25, 0.3) is 0 Å². The van der Waals surface area contributed by atoms with E-state index in [-0.39, 0.29) is 20.4 Å². The smallest absolute Gasteiger partial charge is 0.662 e. The Balaban J connectivity index is 0.000000303. The summed E-state index contributed by atoms with van der Waals surface area (Å²) < 4.78 is 0. The summed E-state index contributed by atoms with van der Waals surface area (Å²) in [7, 11) is 0. The molecular formula is C20H38N4Pd-2. The number of nitrogens with zero attached hydrogens (tertiary/aromatic N) is 4. The van der Waals surface area contributed by atoms with Gasteiger partial charge in [-0.15, -0.1) is 58.4 Å². The van der Waals surface area contributed by atoms with E-state index in [9.17, 15) is 0 Å². The molecule has 3 fully saturated rings. The van der Waals surface area contributed by atoms with Crippen molar-refractivity contribution >= 4 is 0 Å². The molecule has 0 aromatic carbocycles. The van der Waals surface area contributed by atoms with Crippen LogP contribution in [-0.4, -0.2) is 52.4 Å². The van der Waals surface area contributed by atoms with Crippen LogP contribution in [-0.2, 0) is 20.4 Å². The van der Waals surface area contributed by atoms with Gasteiger partial charge in [0, 0.05) is 0 Å². The van der Waals surface area contributed by atoms with E-state index >= 15 is 0 Å². The van der Waals surface area contributed by atoms with E-state index in [2.05, 4.69) is 33.4 Å². The monoisotopic (exact) mass is 440 g/mol. The molecule has 0 bridgehead atoms. The van der Waals surface area contributed by atoms with Crippen molar-refractivity contribution in [3.05, 3.63) is 33.4 Å². The zero-order valence-corrected chi connectivity index (χ0v) is 17.5. The molecule has 4 aliphatic rings. The number of rotatable bonds is 0. The van der Waals surface area contributed by atoms with Crippen LogP contribution in [0.4, 0.5) is 0 Å². The van der Waals surface area contributed by atoms with Crippen LogP contribution in [0.5, 0.6) is 0 Å². The van der Waals surface area contributed by atoms with Gasteiger partial charge in [-0.3, -0.25) is 0 Å². The molecule has 5 heteroatoms. The van der Waals surface area contributed by atoms with Crippen molar-refractivity contribution in [2.75, 3.05) is 52.4 Å². The van der Waals surface area contributed by atoms with Crippen molar-refractivity contribution in [1.82, 2.24) is 0 Å². The van der Waals surface area contributed by atoms with Crippen LogP contribution in [0.3, 0.4) is 0 Å². The summed E-state index contributed by atoms with van der Waals surface area (Å²) in [6, 6.07) is 0. The van der Waals surface area contributed by atoms with Crippen molar-refractivity contribution in [2.24, 2.45) is 0 Å². The van der Waals surface area contributed by atoms with Crippen LogP contribution in [0, 0.1) is 0 Å². The molecule has 0 aliphatic carbocycles. The molecule has 0 aromatic rings. The fourth-order valence-corrected chi connectivity index (χ4v) is 2.73. The number of hydrogen-bond donors (Lipinski definition) is 0. The van der Waals surface area contributed by atoms with Crippen LogP contribution in [0.1, 0.15) is 64.2 Å². The van der Waals surface area contributed by atoms with E-state index in [0.717, 1.165) is 58.8 Å². The molecule has 0 unspecified atom stereocenters. The second kappa shape index (κ2) is 22.3. The first kappa shape index (κ1) is 25.2. The Labute approximate surface area is 170 Å². The minimum Gasteiger partial charge on any atom is -0.662 e. The fourth-order valence-electron chi connectivity index (χ4n) is 2.73. The van der Waals surface area contributed by atoms with Crippen LogP contribution in [0.15, 0.2) is 12.2 Å². The van der Waals surface area contributed by atoms with Crippen molar-refractivity contribution in [1.29, 1.82) is 0 Å². The zero-order chi connectivity index (χ0) is 17.0. The Morgan fingerprint density at radius 2 is 0.800 bits per heavy atom. The quantitative estimate of drug-likeness (QED) is 0.330. The summed E-state index contributed by atoms with van der Waals surface area (Å²) >= 11 is 0. The third-order valence-corrected chi connectivity index (χ3v) is 4.25. The molecule has 25 heavy (non-hydrogen) atoms. The first-order chi connectivity index (χ1) is 12.0. The van der Waals surface area contributed by atoms with E-state index < -0.39 is 0 Å². The van der Waals surface area contributed by atoms with Gasteiger partial charge in [-0.1, -0.05) is 70.3 Å². The van der Waals surface area contributed by atoms with Gasteiger partial charge in [0.1, 0.15) is 0 Å². The van der Waals surface area contributed by atoms with Gasteiger partial charge >= 0.3 is 20.4 Å². The van der Waals surface area contributed by atoms with E-state index in [1.807, 2.05) is 0 Å². The maximum atomic E-state index is 4.18. The second-order valence-corrected chi connectivity index (χ2v) is 6.58. The number of hydrogen-bond acceptors (Lipinski definition) is 0. The van der Waals surface area contributed by atoms with E-state index in [1.165, 1.54) is 57.8 Å². The fraction of sp³-hybridized carbons (Fsp3) is 0.900. The van der Waals surface area contributed by atoms with Gasteiger partial charge in [-0.2, -0.15) is 0 Å². The van der Waals surface area contributed by atoms with E-state index in [0.29, 0.717) is 0 Å². The van der Waals surface area contributed by atoms with Gasteiger partial charge in [0.15, 0.2) is 0 Å². The minimum absolute atomic E-state index is 0. The topological polar surface area (TPSA) is 56.4 Å². The summed E-state index contributed by atoms with van der Waals surface area (Å²) in [4.78, 5) is 0. The third-order valence-electron chi connectivity index (χ3n) is 4.25. The average Bonchev–Trinajstić information content (AvgIpc) is 2.75. The SMILES string of the molecule is C1=CC[N-]CC1.C1CC[N-]CC1.C1CC[N-]CC1.C1CC[N-]CC1.[Pd+2]. The van der Waals surface area contributed by atoms with Crippen molar-refractivity contribution in [3.8, 4) is 0 Å². The molecule has 0 radical (unpaired) electrons. The summed E-state index contributed by atoms with van der Waals surface area (Å²) in [5.74, 6) is 0. The van der Waals surface area contributed by atoms with Gasteiger partial charge in [-0.05, 0) is 0 Å². The summed E-state index contributed by atoms with van der Waals surface area (Å²) in [5.41, 5.74) is 0. The Bertz CT molecular complexity index is 191. The molecule has 0 atom stereocenters. The molecule has 4 aliphatic heterocycles. The Morgan fingerprint density at radius 1 is 0.400 bits per heavy atom. The van der Waals surface area contributed by atoms with Crippen LogP contribution in [0.2, 0.25) is 0 Å². The largest absolute Gasteiger partial charge is 2.00 e. The molecule has 4 heterocycles. The molecule has 0 N–H and O–H groups in total. The standard InChI is InChI=1S/3C5H10N.C5H8N.Pd/c4*1-2-4-6-5-3-1;/h3*1-5H2;1-2H,3-5H2;/q4*-1;+2. The predicted octanol–water partition coefficient (Wildman–Crippen LogP) is 5.95.